The number of nitrogens with one attached hydrogen (secondary N) is 1. The maximum absolute atomic E-state index is 4.93. The van der Waals surface area contributed by atoms with Gasteiger partial charge in [0.1, 0.15) is 5.82 Å². The van der Waals surface area contributed by atoms with Crippen LogP contribution in [-0.2, 0) is 11.8 Å². The van der Waals surface area contributed by atoms with Gasteiger partial charge < -0.3 is 10.2 Å². The lowest BCUT2D eigenvalue weighted by atomic mass is 9.86. The van der Waals surface area contributed by atoms with Crippen molar-refractivity contribution in [1.82, 2.24) is 10.3 Å². The van der Waals surface area contributed by atoms with Crippen molar-refractivity contribution in [3.63, 3.8) is 0 Å². The third kappa shape index (κ3) is 2.74. The van der Waals surface area contributed by atoms with Crippen LogP contribution in [0.4, 0.5) is 5.82 Å². The molecule has 1 aromatic carbocycles. The maximum Gasteiger partial charge on any atom is 0.129 e. The fourth-order valence-electron chi connectivity index (χ4n) is 3.86. The maximum atomic E-state index is 4.93. The molecule has 1 aliphatic carbocycles. The number of piperazine rings is 1. The molecule has 3 nitrogen and oxygen atoms in total. The van der Waals surface area contributed by atoms with E-state index in [1.54, 1.807) is 0 Å². The van der Waals surface area contributed by atoms with Crippen LogP contribution >= 0.6 is 0 Å². The zero-order valence-electron chi connectivity index (χ0n) is 14.1. The van der Waals surface area contributed by atoms with Gasteiger partial charge in [-0.25, -0.2) is 4.98 Å². The Kier molecular flexibility index (Phi) is 3.61. The molecule has 1 saturated heterocycles. The summed E-state index contributed by atoms with van der Waals surface area (Å²) in [5.74, 6) is 1.10. The monoisotopic (exact) mass is 307 g/mol. The number of fused-ring (bicyclic) bond motifs is 1. The number of benzene rings is 1. The number of hydrogen-bond donors (Lipinski definition) is 1. The highest BCUT2D eigenvalue weighted by Gasteiger charge is 2.29. The van der Waals surface area contributed by atoms with E-state index in [2.05, 4.69) is 60.5 Å². The molecule has 0 atom stereocenters. The van der Waals surface area contributed by atoms with Crippen molar-refractivity contribution in [2.24, 2.45) is 0 Å². The number of nitrogens with zero attached hydrogens (tertiary/aromatic N) is 2. The van der Waals surface area contributed by atoms with Gasteiger partial charge in [-0.15, -0.1) is 0 Å². The molecule has 120 valence electrons. The molecule has 1 aliphatic heterocycles. The third-order valence-electron chi connectivity index (χ3n) is 5.32. The second kappa shape index (κ2) is 5.64. The zero-order chi connectivity index (χ0) is 15.9. The summed E-state index contributed by atoms with van der Waals surface area (Å²) >= 11 is 0. The van der Waals surface area contributed by atoms with E-state index in [4.69, 9.17) is 4.98 Å². The summed E-state index contributed by atoms with van der Waals surface area (Å²) in [7, 11) is 0. The molecule has 1 aromatic heterocycles. The number of pyridine rings is 1. The molecule has 4 rings (SSSR count). The van der Waals surface area contributed by atoms with Crippen LogP contribution in [0.25, 0.3) is 11.3 Å². The van der Waals surface area contributed by atoms with E-state index < -0.39 is 0 Å². The predicted octanol–water partition coefficient (Wildman–Crippen LogP) is 3.38. The largest absolute Gasteiger partial charge is 0.354 e. The Morgan fingerprint density at radius 1 is 1.09 bits per heavy atom. The number of hydrogen-bond acceptors (Lipinski definition) is 3. The van der Waals surface area contributed by atoms with E-state index in [0.717, 1.165) is 37.7 Å². The number of rotatable bonds is 2. The van der Waals surface area contributed by atoms with Gasteiger partial charge in [0.05, 0.1) is 5.69 Å². The van der Waals surface area contributed by atoms with E-state index >= 15 is 0 Å². The highest BCUT2D eigenvalue weighted by Crippen LogP contribution is 2.39. The molecule has 2 aromatic rings. The van der Waals surface area contributed by atoms with Crippen molar-refractivity contribution in [2.75, 3.05) is 31.1 Å². The summed E-state index contributed by atoms with van der Waals surface area (Å²) in [4.78, 5) is 7.30. The van der Waals surface area contributed by atoms with E-state index in [0.29, 0.717) is 5.41 Å². The summed E-state index contributed by atoms with van der Waals surface area (Å²) in [6, 6.07) is 13.3. The lowest BCUT2D eigenvalue weighted by molar-refractivity contribution is 0.522. The molecule has 1 fully saturated rings. The number of anilines is 1. The molecule has 0 spiro atoms. The first-order valence-electron chi connectivity index (χ1n) is 8.70. The summed E-state index contributed by atoms with van der Waals surface area (Å²) in [6.45, 7) is 8.85. The molecule has 0 amide bonds. The van der Waals surface area contributed by atoms with Gasteiger partial charge in [-0.1, -0.05) is 32.0 Å². The Labute approximate surface area is 138 Å². The minimum absolute atomic E-state index is 0.323. The highest BCUT2D eigenvalue weighted by molar-refractivity contribution is 5.64. The van der Waals surface area contributed by atoms with E-state index in [9.17, 15) is 0 Å². The van der Waals surface area contributed by atoms with Gasteiger partial charge in [0.2, 0.25) is 0 Å². The molecular formula is C20H25N3. The molecule has 0 radical (unpaired) electrons. The van der Waals surface area contributed by atoms with Crippen molar-refractivity contribution in [3.8, 4) is 11.3 Å². The topological polar surface area (TPSA) is 28.2 Å². The molecule has 1 N–H and O–H groups in total. The smallest absolute Gasteiger partial charge is 0.129 e. The average Bonchev–Trinajstić information content (AvgIpc) is 2.90. The lowest BCUT2D eigenvalue weighted by Crippen LogP contribution is -2.43. The second-order valence-corrected chi connectivity index (χ2v) is 7.37. The van der Waals surface area contributed by atoms with Crippen LogP contribution in [0.2, 0.25) is 0 Å². The minimum Gasteiger partial charge on any atom is -0.354 e. The summed E-state index contributed by atoms with van der Waals surface area (Å²) in [6.07, 6.45) is 2.44. The Hall–Kier alpha value is -1.87. The van der Waals surface area contributed by atoms with E-state index in [-0.39, 0.29) is 0 Å². The Bertz CT molecular complexity index is 715. The fraction of sp³-hybridized carbons (Fsp3) is 0.450. The van der Waals surface area contributed by atoms with Gasteiger partial charge in [0.15, 0.2) is 0 Å². The first-order valence-corrected chi connectivity index (χ1v) is 8.70. The third-order valence-corrected chi connectivity index (χ3v) is 5.32. The molecule has 0 unspecified atom stereocenters. The van der Waals surface area contributed by atoms with E-state index in [1.165, 1.54) is 29.5 Å². The predicted molar refractivity (Wildman–Crippen MR) is 96.1 cm³/mol. The summed E-state index contributed by atoms with van der Waals surface area (Å²) < 4.78 is 0. The van der Waals surface area contributed by atoms with Gasteiger partial charge in [0, 0.05) is 31.7 Å². The van der Waals surface area contributed by atoms with Crippen LogP contribution in [0.3, 0.4) is 0 Å². The molecule has 23 heavy (non-hydrogen) atoms. The van der Waals surface area contributed by atoms with Gasteiger partial charge in [0.25, 0.3) is 0 Å². The number of aryl methyl sites for hydroxylation is 1. The fourth-order valence-corrected chi connectivity index (χ4v) is 3.86. The second-order valence-electron chi connectivity index (χ2n) is 7.37. The highest BCUT2D eigenvalue weighted by atomic mass is 15.2. The van der Waals surface area contributed by atoms with Crippen LogP contribution in [0.5, 0.6) is 0 Å². The number of aromatic nitrogens is 1. The Balaban J connectivity index is 1.66. The van der Waals surface area contributed by atoms with Gasteiger partial charge in [-0.2, -0.15) is 0 Å². The minimum atomic E-state index is 0.323. The lowest BCUT2D eigenvalue weighted by Gasteiger charge is -2.28. The Morgan fingerprint density at radius 3 is 2.74 bits per heavy atom. The van der Waals surface area contributed by atoms with Gasteiger partial charge in [-0.05, 0) is 47.6 Å². The first-order chi connectivity index (χ1) is 11.1. The normalized spacial score (nSPS) is 19.7. The van der Waals surface area contributed by atoms with Gasteiger partial charge in [-0.3, -0.25) is 0 Å². The molecule has 0 bridgehead atoms. The van der Waals surface area contributed by atoms with Crippen molar-refractivity contribution < 1.29 is 0 Å². The van der Waals surface area contributed by atoms with Crippen LogP contribution in [0.1, 0.15) is 31.4 Å². The zero-order valence-corrected chi connectivity index (χ0v) is 14.1. The molecule has 3 heteroatoms. The Morgan fingerprint density at radius 2 is 1.91 bits per heavy atom. The standard InChI is InChI=1S/C20H25N3/c1-20(2)9-8-15-14-16(6-7-17(15)20)18-4-3-5-19(22-18)23-12-10-21-11-13-23/h3-7,14,21H,8-13H2,1-2H3. The van der Waals surface area contributed by atoms with Crippen molar-refractivity contribution >= 4 is 5.82 Å². The van der Waals surface area contributed by atoms with E-state index in [1.807, 2.05) is 0 Å². The van der Waals surface area contributed by atoms with Gasteiger partial charge >= 0.3 is 0 Å². The SMILES string of the molecule is CC1(C)CCc2cc(-c3cccc(N4CCNCC4)n3)ccc21. The van der Waals surface area contributed by atoms with Crippen LogP contribution in [0.15, 0.2) is 36.4 Å². The van der Waals surface area contributed by atoms with Crippen molar-refractivity contribution in [1.29, 1.82) is 0 Å². The molecule has 2 aliphatic rings. The summed E-state index contributed by atoms with van der Waals surface area (Å²) in [5, 5.41) is 3.40. The van der Waals surface area contributed by atoms with Crippen LogP contribution < -0.4 is 10.2 Å². The first kappa shape index (κ1) is 14.7. The molecule has 0 saturated carbocycles. The van der Waals surface area contributed by atoms with Crippen molar-refractivity contribution in [3.05, 3.63) is 47.5 Å². The van der Waals surface area contributed by atoms with Crippen molar-refractivity contribution in [2.45, 2.75) is 32.1 Å². The van der Waals surface area contributed by atoms with Crippen LogP contribution in [0, 0.1) is 0 Å². The van der Waals surface area contributed by atoms with Crippen LogP contribution in [-0.4, -0.2) is 31.2 Å². The average molecular weight is 307 g/mol. The quantitative estimate of drug-likeness (QED) is 0.922. The molecular weight excluding hydrogens is 282 g/mol. The summed E-state index contributed by atoms with van der Waals surface area (Å²) in [5.41, 5.74) is 5.68. The molecule has 2 heterocycles.